The summed E-state index contributed by atoms with van der Waals surface area (Å²) in [5.41, 5.74) is 2.30. The molecule has 0 aromatic heterocycles. The lowest BCUT2D eigenvalue weighted by molar-refractivity contribution is -0.139. The molecule has 1 saturated heterocycles. The molecule has 0 spiro atoms. The molecular formula is C31H48N2O6. The summed E-state index contributed by atoms with van der Waals surface area (Å²) in [6, 6.07) is -0.458. The largest absolute Gasteiger partial charge is 0.481 e. The standard InChI is InChI=1S/C31H48N2O6/c1-29(2)17-19(11-14-38-29)25(16-28(36)37)32-27(35)18-39-33-21-9-12-30(3)20(15-21)5-6-22-23-7-8-26(34)31(23,4)13-10-24(22)30/h15,19,22-26,34H,5-14,16-18H2,1-4H3,(H,32,35)(H,36,37)/b33-21+/t19?,22?,23?,24?,25?,26?,30-,31-/m0/s1. The first kappa shape index (κ1) is 28.6. The maximum absolute atomic E-state index is 12.7. The Morgan fingerprint density at radius 1 is 1.10 bits per heavy atom. The molecule has 0 bridgehead atoms. The number of aliphatic hydroxyl groups is 1. The fourth-order valence-corrected chi connectivity index (χ4v) is 9.18. The van der Waals surface area contributed by atoms with Crippen molar-refractivity contribution in [1.82, 2.24) is 5.32 Å². The Morgan fingerprint density at radius 3 is 2.64 bits per heavy atom. The van der Waals surface area contributed by atoms with Crippen LogP contribution in [0.25, 0.3) is 0 Å². The number of carbonyl (C=O) groups is 2. The second-order valence-corrected chi connectivity index (χ2v) is 14.1. The molecule has 3 saturated carbocycles. The molecule has 1 aliphatic heterocycles. The number of carbonyl (C=O) groups excluding carboxylic acids is 1. The van der Waals surface area contributed by atoms with Crippen LogP contribution in [0.3, 0.4) is 0 Å². The Bertz CT molecular complexity index is 1020. The van der Waals surface area contributed by atoms with Crippen LogP contribution in [0, 0.1) is 34.5 Å². The first-order valence-electron chi connectivity index (χ1n) is 15.1. The molecule has 218 valence electrons. The van der Waals surface area contributed by atoms with E-state index in [0.29, 0.717) is 30.8 Å². The Balaban J connectivity index is 1.18. The van der Waals surface area contributed by atoms with Crippen LogP contribution in [0.4, 0.5) is 0 Å². The van der Waals surface area contributed by atoms with Crippen molar-refractivity contribution in [2.75, 3.05) is 13.2 Å². The SMILES string of the molecule is CC1(C)CC(C(CC(=O)O)NC(=O)CO/N=C2/C=C3CCC4C5CCC(O)[C@@]5(C)CCC4[C@@]3(C)CC2)CCO1. The van der Waals surface area contributed by atoms with Gasteiger partial charge in [0.15, 0.2) is 6.61 Å². The van der Waals surface area contributed by atoms with E-state index in [9.17, 15) is 19.8 Å². The highest BCUT2D eigenvalue weighted by Crippen LogP contribution is 2.65. The number of oxime groups is 1. The summed E-state index contributed by atoms with van der Waals surface area (Å²) < 4.78 is 5.77. The molecule has 0 aromatic rings. The predicted octanol–water partition coefficient (Wildman–Crippen LogP) is 4.85. The highest BCUT2D eigenvalue weighted by Gasteiger charge is 2.58. The molecule has 4 fully saturated rings. The molecule has 39 heavy (non-hydrogen) atoms. The van der Waals surface area contributed by atoms with Gasteiger partial charge in [0.1, 0.15) is 0 Å². The quantitative estimate of drug-likeness (QED) is 0.395. The van der Waals surface area contributed by atoms with Crippen molar-refractivity contribution in [2.24, 2.45) is 39.7 Å². The zero-order valence-corrected chi connectivity index (χ0v) is 24.2. The minimum absolute atomic E-state index is 0.0427. The van der Waals surface area contributed by atoms with E-state index in [1.165, 1.54) is 18.4 Å². The number of nitrogens with zero attached hydrogens (tertiary/aromatic N) is 1. The number of carboxylic acids is 1. The predicted molar refractivity (Wildman–Crippen MR) is 148 cm³/mol. The molecule has 8 heteroatoms. The van der Waals surface area contributed by atoms with E-state index in [1.54, 1.807) is 0 Å². The number of rotatable bonds is 7. The van der Waals surface area contributed by atoms with Crippen LogP contribution in [-0.4, -0.2) is 58.8 Å². The number of carboxylic acid groups (broad SMARTS) is 1. The number of nitrogens with one attached hydrogen (secondary N) is 1. The van der Waals surface area contributed by atoms with Gasteiger partial charge in [-0.1, -0.05) is 24.6 Å². The van der Waals surface area contributed by atoms with Gasteiger partial charge in [0.2, 0.25) is 0 Å². The third-order valence-electron chi connectivity index (χ3n) is 11.3. The lowest BCUT2D eigenvalue weighted by Gasteiger charge is -2.57. The molecular weight excluding hydrogens is 496 g/mol. The van der Waals surface area contributed by atoms with Crippen LogP contribution in [0.2, 0.25) is 0 Å². The zero-order chi connectivity index (χ0) is 28.0. The average Bonchev–Trinajstić information content (AvgIpc) is 3.17. The van der Waals surface area contributed by atoms with E-state index in [1.807, 2.05) is 13.8 Å². The van der Waals surface area contributed by atoms with Gasteiger partial charge in [0.05, 0.1) is 23.8 Å². The second kappa shape index (κ2) is 10.8. The summed E-state index contributed by atoms with van der Waals surface area (Å²) in [5.74, 6) is 0.772. The molecule has 3 N–H and O–H groups in total. The van der Waals surface area contributed by atoms with Gasteiger partial charge in [0, 0.05) is 12.6 Å². The average molecular weight is 545 g/mol. The topological polar surface area (TPSA) is 117 Å². The lowest BCUT2D eigenvalue weighted by Crippen LogP contribution is -2.51. The van der Waals surface area contributed by atoms with Gasteiger partial charge >= 0.3 is 5.97 Å². The van der Waals surface area contributed by atoms with Gasteiger partial charge in [0.25, 0.3) is 5.91 Å². The molecule has 5 aliphatic rings. The van der Waals surface area contributed by atoms with E-state index in [-0.39, 0.29) is 47.4 Å². The van der Waals surface area contributed by atoms with Crippen molar-refractivity contribution in [2.45, 2.75) is 116 Å². The highest BCUT2D eigenvalue weighted by atomic mass is 16.6. The highest BCUT2D eigenvalue weighted by molar-refractivity contribution is 5.96. The molecule has 6 unspecified atom stereocenters. The van der Waals surface area contributed by atoms with Crippen molar-refractivity contribution in [3.8, 4) is 0 Å². The van der Waals surface area contributed by atoms with E-state index in [0.717, 1.165) is 50.7 Å². The first-order chi connectivity index (χ1) is 18.4. The van der Waals surface area contributed by atoms with Gasteiger partial charge < -0.3 is 25.1 Å². The number of fused-ring (bicyclic) bond motifs is 5. The van der Waals surface area contributed by atoms with Crippen LogP contribution in [0.15, 0.2) is 16.8 Å². The normalized spacial score (nSPS) is 41.0. The lowest BCUT2D eigenvalue weighted by atomic mass is 9.47. The smallest absolute Gasteiger partial charge is 0.305 e. The van der Waals surface area contributed by atoms with E-state index >= 15 is 0 Å². The van der Waals surface area contributed by atoms with Gasteiger partial charge in [-0.3, -0.25) is 9.59 Å². The Hall–Kier alpha value is -1.93. The molecule has 8 nitrogen and oxygen atoms in total. The van der Waals surface area contributed by atoms with Crippen molar-refractivity contribution in [3.05, 3.63) is 11.6 Å². The number of hydrogen-bond acceptors (Lipinski definition) is 6. The fraction of sp³-hybridized carbons (Fsp3) is 0.839. The minimum atomic E-state index is -0.927. The summed E-state index contributed by atoms with van der Waals surface area (Å²) in [6.07, 6.45) is 11.9. The molecule has 5 rings (SSSR count). The van der Waals surface area contributed by atoms with Gasteiger partial charge in [-0.25, -0.2) is 0 Å². The number of hydrogen-bond donors (Lipinski definition) is 3. The van der Waals surface area contributed by atoms with Crippen LogP contribution < -0.4 is 5.32 Å². The fourth-order valence-electron chi connectivity index (χ4n) is 9.18. The molecule has 4 aliphatic carbocycles. The first-order valence-corrected chi connectivity index (χ1v) is 15.1. The van der Waals surface area contributed by atoms with E-state index < -0.39 is 12.0 Å². The maximum atomic E-state index is 12.7. The molecule has 8 atom stereocenters. The minimum Gasteiger partial charge on any atom is -0.481 e. The van der Waals surface area contributed by atoms with Gasteiger partial charge in [-0.2, -0.15) is 0 Å². The van der Waals surface area contributed by atoms with Crippen molar-refractivity contribution in [1.29, 1.82) is 0 Å². The maximum Gasteiger partial charge on any atom is 0.305 e. The molecule has 0 radical (unpaired) electrons. The van der Waals surface area contributed by atoms with Crippen LogP contribution >= 0.6 is 0 Å². The van der Waals surface area contributed by atoms with E-state index in [4.69, 9.17) is 9.57 Å². The third-order valence-corrected chi connectivity index (χ3v) is 11.3. The summed E-state index contributed by atoms with van der Waals surface area (Å²) in [5, 5.41) is 27.3. The van der Waals surface area contributed by atoms with Gasteiger partial charge in [-0.15, -0.1) is 0 Å². The molecule has 0 aromatic carbocycles. The number of ether oxygens (including phenoxy) is 1. The van der Waals surface area contributed by atoms with Crippen molar-refractivity contribution >= 4 is 17.6 Å². The van der Waals surface area contributed by atoms with Crippen LogP contribution in [0.1, 0.15) is 98.3 Å². The third kappa shape index (κ3) is 5.65. The number of allylic oxidation sites excluding steroid dienone is 2. The summed E-state index contributed by atoms with van der Waals surface area (Å²) in [6.45, 7) is 9.10. The Morgan fingerprint density at radius 2 is 1.90 bits per heavy atom. The Labute approximate surface area is 233 Å². The summed E-state index contributed by atoms with van der Waals surface area (Å²) in [7, 11) is 0. The summed E-state index contributed by atoms with van der Waals surface area (Å²) in [4.78, 5) is 29.7. The second-order valence-electron chi connectivity index (χ2n) is 14.1. The number of aliphatic carboxylic acids is 1. The summed E-state index contributed by atoms with van der Waals surface area (Å²) >= 11 is 0. The van der Waals surface area contributed by atoms with Crippen molar-refractivity contribution in [3.63, 3.8) is 0 Å². The molecule has 1 heterocycles. The van der Waals surface area contributed by atoms with Crippen LogP contribution in [-0.2, 0) is 19.2 Å². The van der Waals surface area contributed by atoms with Crippen molar-refractivity contribution < 1.29 is 29.4 Å². The monoisotopic (exact) mass is 544 g/mol. The van der Waals surface area contributed by atoms with Crippen LogP contribution in [0.5, 0.6) is 0 Å². The number of amides is 1. The zero-order valence-electron chi connectivity index (χ0n) is 24.2. The van der Waals surface area contributed by atoms with E-state index in [2.05, 4.69) is 30.4 Å². The Kier molecular flexibility index (Phi) is 7.92. The van der Waals surface area contributed by atoms with Gasteiger partial charge in [-0.05, 0) is 119 Å². The molecule has 1 amide bonds. The number of aliphatic hydroxyl groups excluding tert-OH is 1.